The molecule has 4 heteroatoms. The van der Waals surface area contributed by atoms with Gasteiger partial charge >= 0.3 is 0 Å². The van der Waals surface area contributed by atoms with E-state index in [1.54, 1.807) is 18.1 Å². The maximum Gasteiger partial charge on any atom is 0.116 e. The van der Waals surface area contributed by atoms with Crippen LogP contribution in [0.4, 0.5) is 0 Å². The average Bonchev–Trinajstić information content (AvgIpc) is 2.55. The van der Waals surface area contributed by atoms with Crippen LogP contribution in [0.5, 0.6) is 0 Å². The molecule has 0 radical (unpaired) electrons. The molecule has 0 saturated heterocycles. The van der Waals surface area contributed by atoms with Gasteiger partial charge in [0.25, 0.3) is 0 Å². The highest BCUT2D eigenvalue weighted by atomic mass is 32.2. The summed E-state index contributed by atoms with van der Waals surface area (Å²) >= 11 is 1.76. The Kier molecular flexibility index (Phi) is 4.60. The van der Waals surface area contributed by atoms with E-state index < -0.39 is 0 Å². The molecule has 1 N–H and O–H groups in total. The summed E-state index contributed by atoms with van der Waals surface area (Å²) in [5, 5.41) is 9.92. The molecule has 1 heterocycles. The summed E-state index contributed by atoms with van der Waals surface area (Å²) in [7, 11) is 0. The molecule has 1 aliphatic carbocycles. The van der Waals surface area contributed by atoms with Crippen LogP contribution in [0.1, 0.15) is 36.9 Å². The predicted octanol–water partition coefficient (Wildman–Crippen LogP) is 2.22. The lowest BCUT2D eigenvalue weighted by Gasteiger charge is -2.09. The normalized spacial score (nSPS) is 15.6. The van der Waals surface area contributed by atoms with Crippen molar-refractivity contribution in [2.75, 3.05) is 12.4 Å². The van der Waals surface area contributed by atoms with E-state index in [1.807, 2.05) is 0 Å². The Morgan fingerprint density at radius 3 is 2.94 bits per heavy atom. The molecule has 0 amide bonds. The third-order valence-electron chi connectivity index (χ3n) is 2.88. The van der Waals surface area contributed by atoms with Crippen molar-refractivity contribution in [3.05, 3.63) is 17.6 Å². The molecule has 0 unspecified atom stereocenters. The van der Waals surface area contributed by atoms with Crippen molar-refractivity contribution in [3.8, 4) is 0 Å². The van der Waals surface area contributed by atoms with E-state index >= 15 is 0 Å². The van der Waals surface area contributed by atoms with Gasteiger partial charge in [0.2, 0.25) is 0 Å². The highest BCUT2D eigenvalue weighted by Gasteiger charge is 2.14. The number of nitrogens with zero attached hydrogens (tertiary/aromatic N) is 2. The Labute approximate surface area is 101 Å². The van der Waals surface area contributed by atoms with Crippen molar-refractivity contribution < 1.29 is 5.11 Å². The molecule has 0 spiro atoms. The van der Waals surface area contributed by atoms with Gasteiger partial charge in [-0.1, -0.05) is 6.42 Å². The van der Waals surface area contributed by atoms with Crippen LogP contribution in [0.25, 0.3) is 0 Å². The van der Waals surface area contributed by atoms with Crippen molar-refractivity contribution >= 4 is 11.8 Å². The van der Waals surface area contributed by atoms with Crippen molar-refractivity contribution in [2.45, 2.75) is 43.6 Å². The highest BCUT2D eigenvalue weighted by molar-refractivity contribution is 7.99. The smallest absolute Gasteiger partial charge is 0.116 e. The van der Waals surface area contributed by atoms with Gasteiger partial charge in [-0.25, -0.2) is 9.97 Å². The quantitative estimate of drug-likeness (QED) is 0.378. The van der Waals surface area contributed by atoms with Gasteiger partial charge in [0, 0.05) is 23.6 Å². The molecule has 1 aliphatic rings. The molecule has 0 bridgehead atoms. The van der Waals surface area contributed by atoms with Crippen molar-refractivity contribution in [1.82, 2.24) is 9.97 Å². The predicted molar refractivity (Wildman–Crippen MR) is 65.7 cm³/mol. The van der Waals surface area contributed by atoms with Crippen LogP contribution in [0.3, 0.4) is 0 Å². The largest absolute Gasteiger partial charge is 0.396 e. The van der Waals surface area contributed by atoms with E-state index in [0.717, 1.165) is 30.0 Å². The van der Waals surface area contributed by atoms with Crippen LogP contribution in [-0.2, 0) is 12.8 Å². The lowest BCUT2D eigenvalue weighted by Crippen LogP contribution is -2.00. The zero-order chi connectivity index (χ0) is 11.2. The summed E-state index contributed by atoms with van der Waals surface area (Å²) in [4.78, 5) is 8.77. The third kappa shape index (κ3) is 2.95. The molecule has 2 rings (SSSR count). The second-order valence-electron chi connectivity index (χ2n) is 4.09. The summed E-state index contributed by atoms with van der Waals surface area (Å²) in [6.07, 6.45) is 8.56. The molecule has 0 aromatic carbocycles. The summed E-state index contributed by atoms with van der Waals surface area (Å²) in [5.41, 5.74) is 2.61. The second-order valence-corrected chi connectivity index (χ2v) is 5.17. The number of aromatic nitrogens is 2. The molecular formula is C12H18N2OS. The maximum absolute atomic E-state index is 8.78. The van der Waals surface area contributed by atoms with Crippen LogP contribution < -0.4 is 0 Å². The number of rotatable bonds is 4. The number of fused-ring (bicyclic) bond motifs is 1. The monoisotopic (exact) mass is 238 g/mol. The van der Waals surface area contributed by atoms with E-state index in [-0.39, 0.29) is 6.61 Å². The van der Waals surface area contributed by atoms with Crippen molar-refractivity contribution in [3.63, 3.8) is 0 Å². The Morgan fingerprint density at radius 1 is 1.19 bits per heavy atom. The zero-order valence-corrected chi connectivity index (χ0v) is 10.3. The lowest BCUT2D eigenvalue weighted by molar-refractivity contribution is 0.296. The number of hydrogen-bond acceptors (Lipinski definition) is 4. The number of aliphatic hydroxyl groups excluding tert-OH is 1. The van der Waals surface area contributed by atoms with E-state index in [0.29, 0.717) is 0 Å². The lowest BCUT2D eigenvalue weighted by atomic mass is 10.1. The molecular weight excluding hydrogens is 220 g/mol. The second kappa shape index (κ2) is 6.21. The van der Waals surface area contributed by atoms with Gasteiger partial charge < -0.3 is 5.11 Å². The summed E-state index contributed by atoms with van der Waals surface area (Å²) in [6.45, 7) is 0.264. The fourth-order valence-electron chi connectivity index (χ4n) is 2.03. The minimum atomic E-state index is 0.264. The first-order valence-electron chi connectivity index (χ1n) is 5.98. The Balaban J connectivity index is 2.11. The summed E-state index contributed by atoms with van der Waals surface area (Å²) < 4.78 is 0. The molecule has 16 heavy (non-hydrogen) atoms. The first-order chi connectivity index (χ1) is 7.92. The van der Waals surface area contributed by atoms with Gasteiger partial charge in [0.05, 0.1) is 0 Å². The fourth-order valence-corrected chi connectivity index (χ4v) is 3.01. The minimum Gasteiger partial charge on any atom is -0.396 e. The van der Waals surface area contributed by atoms with Crippen LogP contribution in [0, 0.1) is 0 Å². The Morgan fingerprint density at radius 2 is 2.06 bits per heavy atom. The van der Waals surface area contributed by atoms with E-state index in [4.69, 9.17) is 5.11 Å². The molecule has 0 atom stereocenters. The molecule has 0 fully saturated rings. The first-order valence-corrected chi connectivity index (χ1v) is 6.97. The number of hydrogen-bond donors (Lipinski definition) is 1. The maximum atomic E-state index is 8.78. The standard InChI is InChI=1S/C12H18N2OS/c15-7-4-8-16-12-10-5-2-1-3-6-11(10)13-9-14-12/h9,15H,1-8H2. The third-order valence-corrected chi connectivity index (χ3v) is 3.99. The highest BCUT2D eigenvalue weighted by Crippen LogP contribution is 2.27. The minimum absolute atomic E-state index is 0.264. The number of thioether (sulfide) groups is 1. The van der Waals surface area contributed by atoms with Gasteiger partial charge in [-0.2, -0.15) is 0 Å². The molecule has 1 aromatic rings. The molecule has 3 nitrogen and oxygen atoms in total. The van der Waals surface area contributed by atoms with Gasteiger partial charge in [0.1, 0.15) is 11.4 Å². The van der Waals surface area contributed by atoms with Gasteiger partial charge in [-0.15, -0.1) is 11.8 Å². The number of aliphatic hydroxyl groups is 1. The summed E-state index contributed by atoms with van der Waals surface area (Å²) in [5.74, 6) is 0.944. The molecule has 88 valence electrons. The van der Waals surface area contributed by atoms with E-state index in [1.165, 1.54) is 30.5 Å². The van der Waals surface area contributed by atoms with Crippen molar-refractivity contribution in [2.24, 2.45) is 0 Å². The first kappa shape index (κ1) is 11.9. The van der Waals surface area contributed by atoms with Crippen LogP contribution in [0.15, 0.2) is 11.4 Å². The Hall–Kier alpha value is -0.610. The molecule has 0 aliphatic heterocycles. The number of aryl methyl sites for hydroxylation is 1. The Bertz CT molecular complexity index is 344. The van der Waals surface area contributed by atoms with Gasteiger partial charge in [0.15, 0.2) is 0 Å². The summed E-state index contributed by atoms with van der Waals surface area (Å²) in [6, 6.07) is 0. The van der Waals surface area contributed by atoms with Crippen LogP contribution in [-0.4, -0.2) is 27.4 Å². The van der Waals surface area contributed by atoms with Crippen LogP contribution in [0.2, 0.25) is 0 Å². The SMILES string of the molecule is OCCCSc1ncnc2c1CCCCC2. The van der Waals surface area contributed by atoms with Gasteiger partial charge in [-0.3, -0.25) is 0 Å². The average molecular weight is 238 g/mol. The van der Waals surface area contributed by atoms with Crippen LogP contribution >= 0.6 is 11.8 Å². The molecule has 1 aromatic heterocycles. The zero-order valence-electron chi connectivity index (χ0n) is 9.48. The van der Waals surface area contributed by atoms with E-state index in [9.17, 15) is 0 Å². The topological polar surface area (TPSA) is 46.0 Å². The van der Waals surface area contributed by atoms with E-state index in [2.05, 4.69) is 9.97 Å². The fraction of sp³-hybridized carbons (Fsp3) is 0.667. The molecule has 0 saturated carbocycles. The van der Waals surface area contributed by atoms with Gasteiger partial charge in [-0.05, 0) is 32.1 Å². The van der Waals surface area contributed by atoms with Crippen molar-refractivity contribution in [1.29, 1.82) is 0 Å².